The molecule has 0 radical (unpaired) electrons. The quantitative estimate of drug-likeness (QED) is 0.188. The number of hydrogen-bond donors (Lipinski definition) is 0. The van der Waals surface area contributed by atoms with Gasteiger partial charge >= 0.3 is 0 Å². The van der Waals surface area contributed by atoms with Gasteiger partial charge in [-0.05, 0) is 120 Å². The lowest BCUT2D eigenvalue weighted by Crippen LogP contribution is -1.95. The van der Waals surface area contributed by atoms with Crippen molar-refractivity contribution in [1.82, 2.24) is 4.98 Å². The monoisotopic (exact) mass is 575 g/mol. The summed E-state index contributed by atoms with van der Waals surface area (Å²) in [5.41, 5.74) is 11.1. The minimum Gasteiger partial charge on any atom is -0.681 e. The third-order valence-corrected chi connectivity index (χ3v) is 9.48. The predicted molar refractivity (Wildman–Crippen MR) is 190 cm³/mol. The zero-order valence-corrected chi connectivity index (χ0v) is 24.9. The second kappa shape index (κ2) is 10.6. The second-order valence-electron chi connectivity index (χ2n) is 12.3. The van der Waals surface area contributed by atoms with Gasteiger partial charge in [0.25, 0.3) is 0 Å². The Morgan fingerprint density at radius 3 is 1.71 bits per heavy atom. The molecule has 7 aromatic rings. The van der Waals surface area contributed by atoms with E-state index < -0.39 is 0 Å². The molecule has 0 amide bonds. The van der Waals surface area contributed by atoms with Gasteiger partial charge in [0.2, 0.25) is 0 Å². The number of allylic oxidation sites excluding steroid dienone is 2. The molecule has 0 atom stereocenters. The molecule has 2 heterocycles. The summed E-state index contributed by atoms with van der Waals surface area (Å²) in [6.45, 7) is 0.682. The maximum atomic E-state index is 4.83. The van der Waals surface area contributed by atoms with E-state index in [9.17, 15) is 0 Å². The topological polar surface area (TPSA) is 27.0 Å². The number of pyridine rings is 1. The van der Waals surface area contributed by atoms with Crippen LogP contribution in [0, 0.1) is 0 Å². The van der Waals surface area contributed by atoms with Gasteiger partial charge in [0.15, 0.2) is 0 Å². The maximum Gasteiger partial charge on any atom is 0.0273 e. The van der Waals surface area contributed by atoms with Crippen LogP contribution in [0.25, 0.3) is 71.2 Å². The lowest BCUT2D eigenvalue weighted by atomic mass is 9.85. The van der Waals surface area contributed by atoms with Crippen LogP contribution < -0.4 is 0 Å². The van der Waals surface area contributed by atoms with E-state index in [0.29, 0.717) is 6.54 Å². The Labute approximate surface area is 263 Å². The molecule has 6 aromatic carbocycles. The first-order valence-corrected chi connectivity index (χ1v) is 15.9. The van der Waals surface area contributed by atoms with Crippen LogP contribution in [0.5, 0.6) is 0 Å². The Balaban J connectivity index is 1.16. The summed E-state index contributed by atoms with van der Waals surface area (Å²) >= 11 is 0. The van der Waals surface area contributed by atoms with Crippen LogP contribution in [-0.2, 0) is 0 Å². The molecule has 45 heavy (non-hydrogen) atoms. The Morgan fingerprint density at radius 1 is 0.533 bits per heavy atom. The summed E-state index contributed by atoms with van der Waals surface area (Å²) < 4.78 is 0. The Morgan fingerprint density at radius 2 is 1.09 bits per heavy atom. The van der Waals surface area contributed by atoms with E-state index >= 15 is 0 Å². The molecule has 2 aliphatic rings. The van der Waals surface area contributed by atoms with Gasteiger partial charge < -0.3 is 5.32 Å². The van der Waals surface area contributed by atoms with Gasteiger partial charge in [-0.25, -0.2) is 0 Å². The van der Waals surface area contributed by atoms with Crippen LogP contribution >= 0.6 is 0 Å². The van der Waals surface area contributed by atoms with E-state index in [1.54, 1.807) is 0 Å². The van der Waals surface area contributed by atoms with Crippen LogP contribution in [0.3, 0.4) is 0 Å². The lowest BCUT2D eigenvalue weighted by Gasteiger charge is -2.29. The van der Waals surface area contributed by atoms with Crippen molar-refractivity contribution in [1.29, 1.82) is 0 Å². The minimum atomic E-state index is 0.682. The van der Waals surface area contributed by atoms with E-state index in [4.69, 9.17) is 5.32 Å². The largest absolute Gasteiger partial charge is 0.681 e. The molecule has 1 aliphatic carbocycles. The third kappa shape index (κ3) is 4.62. The van der Waals surface area contributed by atoms with Crippen molar-refractivity contribution in [3.63, 3.8) is 0 Å². The highest BCUT2D eigenvalue weighted by atomic mass is 14.9. The summed E-state index contributed by atoms with van der Waals surface area (Å²) in [6, 6.07) is 44.9. The van der Waals surface area contributed by atoms with Gasteiger partial charge in [-0.1, -0.05) is 109 Å². The summed E-state index contributed by atoms with van der Waals surface area (Å²) in [7, 11) is 0. The Hall–Kier alpha value is -5.47. The lowest BCUT2D eigenvalue weighted by molar-refractivity contribution is 1.13. The van der Waals surface area contributed by atoms with Crippen LogP contribution in [-0.4, -0.2) is 11.5 Å². The SMILES string of the molecule is C1=C(c2ccncc2)C=C(c2ccc3cc(-c4c5ccccc5c(-c5ccc(C6CC6)cc5)c5ccccc45)ccc3c2)[N-]C1. The fourth-order valence-corrected chi connectivity index (χ4v) is 7.06. The summed E-state index contributed by atoms with van der Waals surface area (Å²) in [6.07, 6.45) is 10.7. The van der Waals surface area contributed by atoms with Gasteiger partial charge in [-0.2, -0.15) is 0 Å². The van der Waals surface area contributed by atoms with E-state index in [1.807, 2.05) is 12.4 Å². The summed E-state index contributed by atoms with van der Waals surface area (Å²) in [5.74, 6) is 0.758. The molecule has 214 valence electrons. The highest BCUT2D eigenvalue weighted by Gasteiger charge is 2.23. The molecular formula is C43H31N2-. The number of nitrogens with zero attached hydrogens (tertiary/aromatic N) is 2. The molecule has 1 fully saturated rings. The molecule has 1 aromatic heterocycles. The molecule has 2 heteroatoms. The number of rotatable bonds is 5. The average molecular weight is 576 g/mol. The van der Waals surface area contributed by atoms with E-state index in [1.165, 1.54) is 84.1 Å². The standard InChI is InChI=1S/C43H31N2/c1-3-7-39-37(5-1)42(31-13-11-29(12-14-31)28-9-10-28)38-6-2-4-8-40(38)43(39)36-18-16-32-25-35(17-15-33(32)26-36)41-27-34(21-24-45-41)30-19-22-44-23-20-30/h1-8,11-23,25-28H,9-10,24H2/q-1. The Bertz CT molecular complexity index is 2250. The number of aromatic nitrogens is 1. The highest BCUT2D eigenvalue weighted by Crippen LogP contribution is 2.45. The molecule has 0 spiro atoms. The summed E-state index contributed by atoms with van der Waals surface area (Å²) in [5, 5.41) is 12.4. The van der Waals surface area contributed by atoms with Gasteiger partial charge in [0.05, 0.1) is 0 Å². The fraction of sp³-hybridized carbons (Fsp3) is 0.0930. The molecule has 1 aliphatic heterocycles. The number of fused-ring (bicyclic) bond motifs is 3. The third-order valence-electron chi connectivity index (χ3n) is 9.48. The van der Waals surface area contributed by atoms with E-state index in [2.05, 4.69) is 138 Å². The minimum absolute atomic E-state index is 0.682. The zero-order chi connectivity index (χ0) is 29.7. The maximum absolute atomic E-state index is 4.83. The predicted octanol–water partition coefficient (Wildman–Crippen LogP) is 11.6. The smallest absolute Gasteiger partial charge is 0.0273 e. The Kier molecular flexibility index (Phi) is 6.12. The normalized spacial score (nSPS) is 14.8. The van der Waals surface area contributed by atoms with Crippen LogP contribution in [0.15, 0.2) is 146 Å². The zero-order valence-electron chi connectivity index (χ0n) is 24.9. The molecule has 0 unspecified atom stereocenters. The molecular weight excluding hydrogens is 544 g/mol. The molecule has 9 rings (SSSR count). The first-order valence-electron chi connectivity index (χ1n) is 15.9. The van der Waals surface area contributed by atoms with Crippen molar-refractivity contribution >= 4 is 43.6 Å². The van der Waals surface area contributed by atoms with Crippen molar-refractivity contribution < 1.29 is 0 Å². The molecule has 0 N–H and O–H groups in total. The number of hydrogen-bond acceptors (Lipinski definition) is 1. The van der Waals surface area contributed by atoms with Crippen molar-refractivity contribution in [2.24, 2.45) is 0 Å². The molecule has 0 bridgehead atoms. The van der Waals surface area contributed by atoms with Gasteiger partial charge in [0, 0.05) is 12.4 Å². The van der Waals surface area contributed by atoms with Crippen LogP contribution in [0.1, 0.15) is 35.4 Å². The van der Waals surface area contributed by atoms with Crippen molar-refractivity contribution in [3.05, 3.63) is 168 Å². The average Bonchev–Trinajstić information content (AvgIpc) is 3.97. The fourth-order valence-electron chi connectivity index (χ4n) is 7.06. The van der Waals surface area contributed by atoms with Gasteiger partial charge in [-0.15, -0.1) is 12.2 Å². The van der Waals surface area contributed by atoms with Crippen molar-refractivity contribution in [3.8, 4) is 22.3 Å². The van der Waals surface area contributed by atoms with Gasteiger partial charge in [-0.3, -0.25) is 4.98 Å². The molecule has 0 saturated heterocycles. The highest BCUT2D eigenvalue weighted by molar-refractivity contribution is 6.21. The second-order valence-corrected chi connectivity index (χ2v) is 12.3. The first-order chi connectivity index (χ1) is 22.3. The molecule has 1 saturated carbocycles. The summed E-state index contributed by atoms with van der Waals surface area (Å²) in [4.78, 5) is 4.17. The van der Waals surface area contributed by atoms with Gasteiger partial charge in [0.1, 0.15) is 0 Å². The van der Waals surface area contributed by atoms with Crippen molar-refractivity contribution in [2.45, 2.75) is 18.8 Å². The van der Waals surface area contributed by atoms with Crippen molar-refractivity contribution in [2.75, 3.05) is 6.54 Å². The number of benzene rings is 6. The molecule has 2 nitrogen and oxygen atoms in total. The van der Waals surface area contributed by atoms with Crippen LogP contribution in [0.4, 0.5) is 0 Å². The van der Waals surface area contributed by atoms with E-state index in [-0.39, 0.29) is 0 Å². The van der Waals surface area contributed by atoms with Crippen LogP contribution in [0.2, 0.25) is 0 Å². The van der Waals surface area contributed by atoms with E-state index in [0.717, 1.165) is 17.2 Å². The first kappa shape index (κ1) is 26.0.